The highest BCUT2D eigenvalue weighted by Gasteiger charge is 2.45. The summed E-state index contributed by atoms with van der Waals surface area (Å²) in [6, 6.07) is 2.78. The zero-order chi connectivity index (χ0) is 19.0. The van der Waals surface area contributed by atoms with Crippen molar-refractivity contribution < 1.29 is 23.3 Å². The number of aromatic amines is 2. The normalized spacial score (nSPS) is 18.1. The van der Waals surface area contributed by atoms with Gasteiger partial charge >= 0.3 is 12.2 Å². The standard InChI is InChI=1S/C17H19F2N7O/c1-12(24-4-5-26-16(7-24)21-10-23-26)17(27,8-25-11-20-9-22-25)14-3-2-13(18)6-15(14)19/h2-3,6,9-12,27H,4-5,7-8H2,1H3/p+2/t12-,17-/m1/s1. The van der Waals surface area contributed by atoms with Crippen molar-refractivity contribution in [3.8, 4) is 0 Å². The lowest BCUT2D eigenvalue weighted by Crippen LogP contribution is -2.61. The largest absolute Gasteiger partial charge is 0.379 e. The van der Waals surface area contributed by atoms with Crippen LogP contribution in [0.2, 0.25) is 0 Å². The van der Waals surface area contributed by atoms with Gasteiger partial charge in [0.25, 0.3) is 0 Å². The lowest BCUT2D eigenvalue weighted by molar-refractivity contribution is -0.769. The molecule has 27 heavy (non-hydrogen) atoms. The Kier molecular flexibility index (Phi) is 4.44. The number of aliphatic hydroxyl groups is 1. The van der Waals surface area contributed by atoms with Gasteiger partial charge in [0.15, 0.2) is 0 Å². The molecule has 3 heterocycles. The number of aromatic nitrogens is 6. The summed E-state index contributed by atoms with van der Waals surface area (Å²) in [6.45, 7) is 3.71. The van der Waals surface area contributed by atoms with Gasteiger partial charge in [-0.25, -0.2) is 8.78 Å². The Morgan fingerprint density at radius 1 is 1.33 bits per heavy atom. The van der Waals surface area contributed by atoms with E-state index in [1.165, 1.54) is 18.7 Å². The van der Waals surface area contributed by atoms with Gasteiger partial charge in [0, 0.05) is 24.2 Å². The van der Waals surface area contributed by atoms with E-state index in [-0.39, 0.29) is 12.1 Å². The van der Waals surface area contributed by atoms with E-state index in [2.05, 4.69) is 20.2 Å². The molecule has 0 saturated heterocycles. The van der Waals surface area contributed by atoms with E-state index in [1.54, 1.807) is 11.0 Å². The first kappa shape index (κ1) is 17.7. The van der Waals surface area contributed by atoms with Crippen molar-refractivity contribution in [2.24, 2.45) is 0 Å². The van der Waals surface area contributed by atoms with E-state index in [0.29, 0.717) is 19.6 Å². The topological polar surface area (TPSA) is 88.6 Å². The molecular formula is C17H21F2N7O+2. The maximum Gasteiger partial charge on any atom is 0.332 e. The third kappa shape index (κ3) is 3.21. The van der Waals surface area contributed by atoms with Gasteiger partial charge < -0.3 is 5.11 Å². The fraction of sp³-hybridized carbons (Fsp3) is 0.412. The van der Waals surface area contributed by atoms with E-state index in [9.17, 15) is 13.9 Å². The molecule has 0 amide bonds. The quantitative estimate of drug-likeness (QED) is 0.537. The molecule has 10 heteroatoms. The molecule has 1 aromatic carbocycles. The summed E-state index contributed by atoms with van der Waals surface area (Å²) < 4.78 is 31.5. The summed E-state index contributed by atoms with van der Waals surface area (Å²) >= 11 is 0. The molecule has 0 spiro atoms. The third-order valence-corrected chi connectivity index (χ3v) is 5.25. The average Bonchev–Trinajstić information content (AvgIpc) is 3.31. The Morgan fingerprint density at radius 2 is 2.19 bits per heavy atom. The SMILES string of the molecule is C[C@@H](N1CC[n+]2[nH]cnc2C1)[C@](O)(C[n+]1cnc[nH]1)c1ccc(F)cc1F. The van der Waals surface area contributed by atoms with Crippen LogP contribution in [0.3, 0.4) is 0 Å². The molecule has 0 radical (unpaired) electrons. The van der Waals surface area contributed by atoms with Gasteiger partial charge in [0.1, 0.15) is 36.9 Å². The first-order chi connectivity index (χ1) is 13.0. The van der Waals surface area contributed by atoms with E-state index in [4.69, 9.17) is 0 Å². The molecular weight excluding hydrogens is 356 g/mol. The van der Waals surface area contributed by atoms with Crippen molar-refractivity contribution in [3.05, 3.63) is 60.2 Å². The van der Waals surface area contributed by atoms with Crippen LogP contribution >= 0.6 is 0 Å². The second-order valence-electron chi connectivity index (χ2n) is 6.80. The summed E-state index contributed by atoms with van der Waals surface area (Å²) in [5, 5.41) is 17.5. The van der Waals surface area contributed by atoms with Crippen LogP contribution in [0.4, 0.5) is 8.78 Å². The Morgan fingerprint density at radius 3 is 2.93 bits per heavy atom. The van der Waals surface area contributed by atoms with Gasteiger partial charge in [0.05, 0.1) is 0 Å². The second-order valence-corrected chi connectivity index (χ2v) is 6.80. The first-order valence-electron chi connectivity index (χ1n) is 8.69. The van der Waals surface area contributed by atoms with Crippen molar-refractivity contribution in [1.82, 2.24) is 25.1 Å². The van der Waals surface area contributed by atoms with E-state index in [1.807, 2.05) is 16.5 Å². The monoisotopic (exact) mass is 377 g/mol. The molecule has 0 bridgehead atoms. The van der Waals surface area contributed by atoms with Gasteiger partial charge in [0.2, 0.25) is 12.7 Å². The Bertz CT molecular complexity index is 929. The van der Waals surface area contributed by atoms with Crippen LogP contribution in [0.5, 0.6) is 0 Å². The number of hydrogen-bond acceptors (Lipinski definition) is 4. The molecule has 2 atom stereocenters. The fourth-order valence-corrected chi connectivity index (χ4v) is 3.64. The molecule has 1 aliphatic rings. The molecule has 142 valence electrons. The van der Waals surface area contributed by atoms with Crippen LogP contribution in [0.25, 0.3) is 0 Å². The number of halogens is 2. The molecule has 0 unspecified atom stereocenters. The smallest absolute Gasteiger partial charge is 0.332 e. The number of nitrogens with zero attached hydrogens (tertiary/aromatic N) is 5. The molecule has 4 rings (SSSR count). The Labute approximate surface area is 154 Å². The zero-order valence-electron chi connectivity index (χ0n) is 14.8. The summed E-state index contributed by atoms with van der Waals surface area (Å²) in [5.74, 6) is -0.628. The van der Waals surface area contributed by atoms with Gasteiger partial charge in [-0.05, 0) is 23.0 Å². The maximum atomic E-state index is 14.6. The number of benzene rings is 1. The number of hydrogen-bond donors (Lipinski definition) is 3. The molecule has 2 aromatic heterocycles. The predicted octanol–water partition coefficient (Wildman–Crippen LogP) is -0.222. The van der Waals surface area contributed by atoms with E-state index in [0.717, 1.165) is 18.0 Å². The van der Waals surface area contributed by atoms with Crippen LogP contribution in [0.15, 0.2) is 37.2 Å². The highest BCUT2D eigenvalue weighted by atomic mass is 19.1. The van der Waals surface area contributed by atoms with Gasteiger partial charge in [-0.2, -0.15) is 19.6 Å². The average molecular weight is 377 g/mol. The minimum absolute atomic E-state index is 0.0355. The summed E-state index contributed by atoms with van der Waals surface area (Å²) in [5.41, 5.74) is -1.58. The second kappa shape index (κ2) is 6.78. The Balaban J connectivity index is 1.71. The lowest BCUT2D eigenvalue weighted by Gasteiger charge is -2.40. The van der Waals surface area contributed by atoms with Crippen LogP contribution < -0.4 is 9.36 Å². The number of H-pyrrole nitrogens is 2. The van der Waals surface area contributed by atoms with E-state index >= 15 is 0 Å². The summed E-state index contributed by atoms with van der Waals surface area (Å²) in [6.07, 6.45) is 4.60. The minimum atomic E-state index is -1.62. The number of fused-ring (bicyclic) bond motifs is 1. The highest BCUT2D eigenvalue weighted by molar-refractivity contribution is 5.26. The van der Waals surface area contributed by atoms with Crippen molar-refractivity contribution in [2.45, 2.75) is 38.2 Å². The summed E-state index contributed by atoms with van der Waals surface area (Å²) in [4.78, 5) is 10.3. The van der Waals surface area contributed by atoms with Crippen LogP contribution in [-0.4, -0.2) is 42.8 Å². The molecule has 0 aliphatic carbocycles. The number of rotatable bonds is 5. The third-order valence-electron chi connectivity index (χ3n) is 5.25. The zero-order valence-corrected chi connectivity index (χ0v) is 14.8. The predicted molar refractivity (Wildman–Crippen MR) is 87.7 cm³/mol. The first-order valence-corrected chi connectivity index (χ1v) is 8.69. The highest BCUT2D eigenvalue weighted by Crippen LogP contribution is 2.32. The number of nitrogens with one attached hydrogen (secondary N) is 2. The summed E-state index contributed by atoms with van der Waals surface area (Å²) in [7, 11) is 0. The van der Waals surface area contributed by atoms with Gasteiger partial charge in [-0.3, -0.25) is 4.90 Å². The van der Waals surface area contributed by atoms with Crippen LogP contribution in [-0.2, 0) is 25.2 Å². The van der Waals surface area contributed by atoms with E-state index < -0.39 is 23.3 Å². The molecule has 0 fully saturated rings. The maximum absolute atomic E-state index is 14.6. The molecule has 1 aliphatic heterocycles. The van der Waals surface area contributed by atoms with Gasteiger partial charge in [-0.15, -0.1) is 0 Å². The van der Waals surface area contributed by atoms with Crippen molar-refractivity contribution >= 4 is 0 Å². The van der Waals surface area contributed by atoms with Crippen molar-refractivity contribution in [1.29, 1.82) is 0 Å². The Hall–Kier alpha value is -2.72. The van der Waals surface area contributed by atoms with Crippen molar-refractivity contribution in [3.63, 3.8) is 0 Å². The molecule has 3 aromatic rings. The molecule has 0 saturated carbocycles. The van der Waals surface area contributed by atoms with Crippen LogP contribution in [0, 0.1) is 11.6 Å². The fourth-order valence-electron chi connectivity index (χ4n) is 3.64. The minimum Gasteiger partial charge on any atom is -0.379 e. The molecule has 8 nitrogen and oxygen atoms in total. The van der Waals surface area contributed by atoms with Crippen molar-refractivity contribution in [2.75, 3.05) is 6.54 Å². The van der Waals surface area contributed by atoms with Gasteiger partial charge in [-0.1, -0.05) is 6.07 Å². The van der Waals surface area contributed by atoms with Crippen LogP contribution in [0.1, 0.15) is 18.3 Å². The molecule has 3 N–H and O–H groups in total. The lowest BCUT2D eigenvalue weighted by atomic mass is 9.85.